The maximum Gasteiger partial charge on any atom is 0.435 e. The number of Topliss-reactive ketones (excluding diaryl/α,β-unsaturated/α-hetero) is 1. The third kappa shape index (κ3) is 4.78. The number of alkyl halides is 3. The fraction of sp³-hybridized carbons (Fsp3) is 0.167. The Kier molecular flexibility index (Phi) is 6.19. The monoisotopic (exact) mass is 458 g/mol. The largest absolute Gasteiger partial charge is 0.487 e. The van der Waals surface area contributed by atoms with E-state index in [0.29, 0.717) is 22.6 Å². The van der Waals surface area contributed by atoms with Gasteiger partial charge in [-0.3, -0.25) is 4.79 Å². The van der Waals surface area contributed by atoms with Crippen molar-refractivity contribution in [1.82, 2.24) is 9.78 Å². The molecular formula is C24H18ClF3N2O2. The minimum Gasteiger partial charge on any atom is -0.487 e. The molecule has 164 valence electrons. The van der Waals surface area contributed by atoms with Gasteiger partial charge in [-0.15, -0.1) is 0 Å². The van der Waals surface area contributed by atoms with E-state index < -0.39 is 11.9 Å². The van der Waals surface area contributed by atoms with E-state index in [0.717, 1.165) is 23.6 Å². The van der Waals surface area contributed by atoms with Crippen LogP contribution in [0.25, 0.3) is 5.69 Å². The molecule has 0 saturated heterocycles. The highest BCUT2D eigenvalue weighted by molar-refractivity contribution is 6.32. The average Bonchev–Trinajstić information content (AvgIpc) is 3.23. The fourth-order valence-corrected chi connectivity index (χ4v) is 3.52. The number of benzene rings is 2. The molecule has 1 aliphatic rings. The molecule has 0 spiro atoms. The second-order valence-electron chi connectivity index (χ2n) is 7.16. The van der Waals surface area contributed by atoms with Crippen LogP contribution in [0.5, 0.6) is 5.75 Å². The van der Waals surface area contributed by atoms with Gasteiger partial charge in [0.15, 0.2) is 11.5 Å². The Labute approximate surface area is 187 Å². The number of ketones is 1. The zero-order valence-corrected chi connectivity index (χ0v) is 17.5. The summed E-state index contributed by atoms with van der Waals surface area (Å²) in [6.45, 7) is -0.171. The summed E-state index contributed by atoms with van der Waals surface area (Å²) in [6, 6.07) is 13.9. The number of carbonyl (C=O) groups is 1. The first kappa shape index (κ1) is 21.9. The highest BCUT2D eigenvalue weighted by atomic mass is 35.5. The van der Waals surface area contributed by atoms with Gasteiger partial charge in [-0.1, -0.05) is 42.0 Å². The molecule has 0 fully saturated rings. The lowest BCUT2D eigenvalue weighted by Gasteiger charge is -2.11. The van der Waals surface area contributed by atoms with E-state index in [9.17, 15) is 18.0 Å². The molecule has 0 aliphatic heterocycles. The van der Waals surface area contributed by atoms with Crippen molar-refractivity contribution >= 4 is 17.4 Å². The number of aromatic nitrogens is 2. The van der Waals surface area contributed by atoms with Gasteiger partial charge in [0.2, 0.25) is 0 Å². The number of halogens is 4. The Morgan fingerprint density at radius 2 is 1.84 bits per heavy atom. The third-order valence-electron chi connectivity index (χ3n) is 4.91. The first-order valence-corrected chi connectivity index (χ1v) is 10.3. The van der Waals surface area contributed by atoms with E-state index in [4.69, 9.17) is 16.3 Å². The first-order valence-electron chi connectivity index (χ1n) is 9.88. The van der Waals surface area contributed by atoms with Crippen molar-refractivity contribution in [2.24, 2.45) is 0 Å². The Balaban J connectivity index is 1.54. The molecule has 4 nitrogen and oxygen atoms in total. The lowest BCUT2D eigenvalue weighted by molar-refractivity contribution is -0.141. The van der Waals surface area contributed by atoms with E-state index in [1.807, 2.05) is 18.2 Å². The van der Waals surface area contributed by atoms with E-state index in [1.165, 1.54) is 0 Å². The number of hydrogen-bond donors (Lipinski definition) is 0. The molecule has 4 rings (SSSR count). The second kappa shape index (κ2) is 9.04. The molecule has 32 heavy (non-hydrogen) atoms. The summed E-state index contributed by atoms with van der Waals surface area (Å²) in [5.41, 5.74) is 0.621. The minimum absolute atomic E-state index is 0.0842. The second-order valence-corrected chi connectivity index (χ2v) is 7.57. The fourth-order valence-electron chi connectivity index (χ4n) is 3.30. The summed E-state index contributed by atoms with van der Waals surface area (Å²) in [5.74, 6) is 0.328. The van der Waals surface area contributed by atoms with Crippen LogP contribution in [-0.2, 0) is 12.8 Å². The molecule has 1 aliphatic carbocycles. The van der Waals surface area contributed by atoms with Crippen LogP contribution in [-0.4, -0.2) is 15.6 Å². The summed E-state index contributed by atoms with van der Waals surface area (Å²) in [5, 5.41) is 3.95. The molecule has 1 heterocycles. The summed E-state index contributed by atoms with van der Waals surface area (Å²) in [6.07, 6.45) is 2.82. The van der Waals surface area contributed by atoms with E-state index in [2.05, 4.69) is 5.10 Å². The molecule has 0 bridgehead atoms. The molecule has 8 heteroatoms. The number of ether oxygens (including phenoxy) is 1. The van der Waals surface area contributed by atoms with Crippen molar-refractivity contribution in [1.29, 1.82) is 0 Å². The van der Waals surface area contributed by atoms with Crippen molar-refractivity contribution < 1.29 is 22.7 Å². The van der Waals surface area contributed by atoms with Crippen molar-refractivity contribution in [2.75, 3.05) is 0 Å². The Morgan fingerprint density at radius 1 is 1.09 bits per heavy atom. The minimum atomic E-state index is -4.61. The number of rotatable bonds is 6. The van der Waals surface area contributed by atoms with Gasteiger partial charge in [0, 0.05) is 11.1 Å². The molecule has 0 unspecified atom stereocenters. The average molecular weight is 459 g/mol. The predicted octanol–water partition coefficient (Wildman–Crippen LogP) is 6.58. The third-order valence-corrected chi connectivity index (χ3v) is 5.23. The number of allylic oxidation sites excluding steroid dienone is 4. The number of carbonyl (C=O) groups excluding carboxylic acids is 1. The molecule has 0 saturated carbocycles. The van der Waals surface area contributed by atoms with Crippen molar-refractivity contribution in [3.05, 3.63) is 100 Å². The smallest absolute Gasteiger partial charge is 0.435 e. The summed E-state index contributed by atoms with van der Waals surface area (Å²) < 4.78 is 46.5. The summed E-state index contributed by atoms with van der Waals surface area (Å²) in [4.78, 5) is 12.5. The normalized spacial score (nSPS) is 13.7. The quantitative estimate of drug-likeness (QED) is 0.392. The van der Waals surface area contributed by atoms with Crippen LogP contribution in [0.4, 0.5) is 13.2 Å². The van der Waals surface area contributed by atoms with Crippen LogP contribution in [0.3, 0.4) is 0 Å². The van der Waals surface area contributed by atoms with E-state index in [-0.39, 0.29) is 23.1 Å². The molecule has 2 aromatic carbocycles. The van der Waals surface area contributed by atoms with Crippen LogP contribution < -0.4 is 4.74 Å². The van der Waals surface area contributed by atoms with Crippen LogP contribution in [0.2, 0.25) is 5.02 Å². The molecule has 0 amide bonds. The number of nitrogens with zero attached hydrogens (tertiary/aromatic N) is 2. The highest BCUT2D eigenvalue weighted by Crippen LogP contribution is 2.31. The molecular weight excluding hydrogens is 441 g/mol. The van der Waals surface area contributed by atoms with Crippen LogP contribution >= 0.6 is 11.6 Å². The number of para-hydroxylation sites is 1. The topological polar surface area (TPSA) is 44.1 Å². The van der Waals surface area contributed by atoms with E-state index in [1.54, 1.807) is 48.5 Å². The Hall–Kier alpha value is -3.32. The molecule has 0 atom stereocenters. The van der Waals surface area contributed by atoms with Gasteiger partial charge >= 0.3 is 6.18 Å². The first-order chi connectivity index (χ1) is 15.3. The van der Waals surface area contributed by atoms with Gasteiger partial charge in [0.25, 0.3) is 0 Å². The molecule has 3 aromatic rings. The highest BCUT2D eigenvalue weighted by Gasteiger charge is 2.35. The van der Waals surface area contributed by atoms with Gasteiger partial charge < -0.3 is 4.74 Å². The summed E-state index contributed by atoms with van der Waals surface area (Å²) in [7, 11) is 0. The Bertz CT molecular complexity index is 1190. The van der Waals surface area contributed by atoms with E-state index >= 15 is 0 Å². The molecule has 1 aromatic heterocycles. The zero-order chi connectivity index (χ0) is 22.7. The van der Waals surface area contributed by atoms with Crippen LogP contribution in [0.15, 0.2) is 78.4 Å². The van der Waals surface area contributed by atoms with Gasteiger partial charge in [-0.2, -0.15) is 18.3 Å². The molecule has 0 radical (unpaired) electrons. The maximum atomic E-state index is 13.2. The lowest BCUT2D eigenvalue weighted by Crippen LogP contribution is -2.08. The summed E-state index contributed by atoms with van der Waals surface area (Å²) >= 11 is 6.16. The van der Waals surface area contributed by atoms with Gasteiger partial charge in [0.1, 0.15) is 12.4 Å². The van der Waals surface area contributed by atoms with Gasteiger partial charge in [-0.05, 0) is 55.3 Å². The maximum absolute atomic E-state index is 13.2. The van der Waals surface area contributed by atoms with Gasteiger partial charge in [0.05, 0.1) is 16.4 Å². The van der Waals surface area contributed by atoms with Crippen LogP contribution in [0.1, 0.15) is 34.6 Å². The number of hydrogen-bond acceptors (Lipinski definition) is 3. The van der Waals surface area contributed by atoms with Crippen molar-refractivity contribution in [3.63, 3.8) is 0 Å². The standard InChI is InChI=1S/C24H18ClF3N2O2/c25-20-8-4-5-9-21(20)30-18(14-22(29-30)24(26,27)28)15-32-19-12-10-17(11-13-19)23(31)16-6-2-1-3-7-16/h2,4-14H,1,3,15H2. The SMILES string of the molecule is O=C(C1=CCCC=C1)c1ccc(OCc2cc(C(F)(F)F)nn2-c2ccccc2Cl)cc1. The van der Waals surface area contributed by atoms with Crippen molar-refractivity contribution in [3.8, 4) is 11.4 Å². The van der Waals surface area contributed by atoms with Gasteiger partial charge in [-0.25, -0.2) is 4.68 Å². The Morgan fingerprint density at radius 3 is 2.50 bits per heavy atom. The molecule has 0 N–H and O–H groups in total. The van der Waals surface area contributed by atoms with Crippen LogP contribution in [0, 0.1) is 0 Å². The zero-order valence-electron chi connectivity index (χ0n) is 16.8. The van der Waals surface area contributed by atoms with Crippen molar-refractivity contribution in [2.45, 2.75) is 25.6 Å². The lowest BCUT2D eigenvalue weighted by atomic mass is 9.98. The predicted molar refractivity (Wildman–Crippen MR) is 115 cm³/mol.